The first-order valence-corrected chi connectivity index (χ1v) is 8.40. The standard InChI is InChI=1S/C19H21ClN2O/c1-14-12-16(8-9-18(14)22-10-4-5-11-22)21-19(23)13-15-6-2-3-7-17(15)20/h2-3,6-9,12H,4-5,10-11,13H2,1H3,(H,21,23). The molecule has 1 saturated heterocycles. The van der Waals surface area contributed by atoms with Crippen molar-refractivity contribution in [1.82, 2.24) is 0 Å². The number of halogens is 1. The van der Waals surface area contributed by atoms with E-state index in [4.69, 9.17) is 11.6 Å². The Morgan fingerprint density at radius 2 is 1.91 bits per heavy atom. The van der Waals surface area contributed by atoms with Crippen molar-refractivity contribution in [2.75, 3.05) is 23.3 Å². The van der Waals surface area contributed by atoms with Crippen LogP contribution in [0.15, 0.2) is 42.5 Å². The van der Waals surface area contributed by atoms with Crippen molar-refractivity contribution in [2.45, 2.75) is 26.2 Å². The number of hydrogen-bond donors (Lipinski definition) is 1. The van der Waals surface area contributed by atoms with Crippen LogP contribution in [0.1, 0.15) is 24.0 Å². The van der Waals surface area contributed by atoms with E-state index in [1.54, 1.807) is 6.07 Å². The Balaban J connectivity index is 1.67. The van der Waals surface area contributed by atoms with E-state index in [2.05, 4.69) is 23.2 Å². The van der Waals surface area contributed by atoms with Gasteiger partial charge in [-0.05, 0) is 55.2 Å². The van der Waals surface area contributed by atoms with Gasteiger partial charge in [0.25, 0.3) is 0 Å². The molecule has 0 aromatic heterocycles. The molecule has 1 amide bonds. The minimum atomic E-state index is -0.0496. The number of anilines is 2. The first-order valence-electron chi connectivity index (χ1n) is 8.02. The number of carbonyl (C=O) groups is 1. The molecule has 1 fully saturated rings. The van der Waals surface area contributed by atoms with Crippen molar-refractivity contribution in [3.63, 3.8) is 0 Å². The average Bonchev–Trinajstić information content (AvgIpc) is 3.04. The maximum absolute atomic E-state index is 12.2. The minimum Gasteiger partial charge on any atom is -0.371 e. The van der Waals surface area contributed by atoms with Crippen molar-refractivity contribution in [1.29, 1.82) is 0 Å². The lowest BCUT2D eigenvalue weighted by molar-refractivity contribution is -0.115. The highest BCUT2D eigenvalue weighted by Crippen LogP contribution is 2.27. The van der Waals surface area contributed by atoms with Crippen LogP contribution in [0, 0.1) is 6.92 Å². The molecule has 0 saturated carbocycles. The van der Waals surface area contributed by atoms with Gasteiger partial charge in [-0.25, -0.2) is 0 Å². The Hall–Kier alpha value is -2.00. The molecule has 2 aromatic carbocycles. The summed E-state index contributed by atoms with van der Waals surface area (Å²) in [4.78, 5) is 14.6. The fraction of sp³-hybridized carbons (Fsp3) is 0.316. The monoisotopic (exact) mass is 328 g/mol. The summed E-state index contributed by atoms with van der Waals surface area (Å²) in [5, 5.41) is 3.59. The van der Waals surface area contributed by atoms with Gasteiger partial charge in [0.05, 0.1) is 6.42 Å². The van der Waals surface area contributed by atoms with Crippen molar-refractivity contribution in [3.05, 3.63) is 58.6 Å². The predicted molar refractivity (Wildman–Crippen MR) is 96.4 cm³/mol. The fourth-order valence-electron chi connectivity index (χ4n) is 3.07. The van der Waals surface area contributed by atoms with E-state index in [9.17, 15) is 4.79 Å². The first kappa shape index (κ1) is 15.9. The summed E-state index contributed by atoms with van der Waals surface area (Å²) in [6.07, 6.45) is 2.80. The number of amides is 1. The van der Waals surface area contributed by atoms with Gasteiger partial charge in [0.1, 0.15) is 0 Å². The summed E-state index contributed by atoms with van der Waals surface area (Å²) in [7, 11) is 0. The van der Waals surface area contributed by atoms with Crippen LogP contribution >= 0.6 is 11.6 Å². The molecular weight excluding hydrogens is 308 g/mol. The topological polar surface area (TPSA) is 32.3 Å². The normalized spacial score (nSPS) is 14.1. The van der Waals surface area contributed by atoms with Crippen LogP contribution in [0.25, 0.3) is 0 Å². The van der Waals surface area contributed by atoms with Crippen LogP contribution in [-0.4, -0.2) is 19.0 Å². The molecule has 120 valence electrons. The van der Waals surface area contributed by atoms with Gasteiger partial charge < -0.3 is 10.2 Å². The lowest BCUT2D eigenvalue weighted by Crippen LogP contribution is -2.19. The molecule has 3 nitrogen and oxygen atoms in total. The molecule has 1 aliphatic heterocycles. The number of aryl methyl sites for hydroxylation is 1. The number of hydrogen-bond acceptors (Lipinski definition) is 2. The van der Waals surface area contributed by atoms with Crippen molar-refractivity contribution >= 4 is 28.9 Å². The highest BCUT2D eigenvalue weighted by Gasteiger charge is 2.15. The van der Waals surface area contributed by atoms with Gasteiger partial charge in [-0.2, -0.15) is 0 Å². The molecule has 0 atom stereocenters. The molecule has 1 heterocycles. The van der Waals surface area contributed by atoms with Gasteiger partial charge in [0, 0.05) is 29.5 Å². The van der Waals surface area contributed by atoms with E-state index in [-0.39, 0.29) is 12.3 Å². The molecule has 23 heavy (non-hydrogen) atoms. The van der Waals surface area contributed by atoms with E-state index >= 15 is 0 Å². The van der Waals surface area contributed by atoms with E-state index in [1.807, 2.05) is 30.3 Å². The highest BCUT2D eigenvalue weighted by atomic mass is 35.5. The maximum Gasteiger partial charge on any atom is 0.228 e. The summed E-state index contributed by atoms with van der Waals surface area (Å²) in [6.45, 7) is 4.34. The molecule has 1 aliphatic rings. The lowest BCUT2D eigenvalue weighted by atomic mass is 10.1. The number of carbonyl (C=O) groups excluding carboxylic acids is 1. The summed E-state index contributed by atoms with van der Waals surface area (Å²) in [6, 6.07) is 13.6. The lowest BCUT2D eigenvalue weighted by Gasteiger charge is -2.20. The summed E-state index contributed by atoms with van der Waals surface area (Å²) >= 11 is 6.10. The third-order valence-corrected chi connectivity index (χ3v) is 4.60. The Labute approximate surface area is 142 Å². The molecule has 0 aliphatic carbocycles. The van der Waals surface area contributed by atoms with Crippen molar-refractivity contribution < 1.29 is 4.79 Å². The van der Waals surface area contributed by atoms with Crippen LogP contribution in [0.2, 0.25) is 5.02 Å². The molecule has 3 rings (SSSR count). The zero-order chi connectivity index (χ0) is 16.2. The Morgan fingerprint density at radius 1 is 1.17 bits per heavy atom. The van der Waals surface area contributed by atoms with Crippen molar-refractivity contribution in [2.24, 2.45) is 0 Å². The van der Waals surface area contributed by atoms with Gasteiger partial charge >= 0.3 is 0 Å². The van der Waals surface area contributed by atoms with Gasteiger partial charge in [-0.3, -0.25) is 4.79 Å². The van der Waals surface area contributed by atoms with E-state index < -0.39 is 0 Å². The quantitative estimate of drug-likeness (QED) is 0.900. The summed E-state index contributed by atoms with van der Waals surface area (Å²) in [5.74, 6) is -0.0496. The SMILES string of the molecule is Cc1cc(NC(=O)Cc2ccccc2Cl)ccc1N1CCCC1. The molecule has 0 bridgehead atoms. The zero-order valence-corrected chi connectivity index (χ0v) is 14.1. The van der Waals surface area contributed by atoms with E-state index in [0.717, 1.165) is 24.3 Å². The first-order chi connectivity index (χ1) is 11.1. The second-order valence-corrected chi connectivity index (χ2v) is 6.42. The molecule has 2 aromatic rings. The Bertz CT molecular complexity index is 708. The number of benzene rings is 2. The second kappa shape index (κ2) is 7.05. The summed E-state index contributed by atoms with van der Waals surface area (Å²) in [5.41, 5.74) is 4.15. The van der Waals surface area contributed by atoms with Gasteiger partial charge in [0.15, 0.2) is 0 Å². The van der Waals surface area contributed by atoms with Crippen LogP contribution in [0.3, 0.4) is 0 Å². The second-order valence-electron chi connectivity index (χ2n) is 6.01. The third-order valence-electron chi connectivity index (χ3n) is 4.24. The van der Waals surface area contributed by atoms with Crippen molar-refractivity contribution in [3.8, 4) is 0 Å². The number of nitrogens with zero attached hydrogens (tertiary/aromatic N) is 1. The van der Waals surface area contributed by atoms with Gasteiger partial charge in [-0.1, -0.05) is 29.8 Å². The van der Waals surface area contributed by atoms with E-state index in [1.165, 1.54) is 24.1 Å². The molecule has 0 unspecified atom stereocenters. The highest BCUT2D eigenvalue weighted by molar-refractivity contribution is 6.31. The number of nitrogens with one attached hydrogen (secondary N) is 1. The molecular formula is C19H21ClN2O. The predicted octanol–water partition coefficient (Wildman–Crippen LogP) is 4.43. The summed E-state index contributed by atoms with van der Waals surface area (Å²) < 4.78 is 0. The van der Waals surface area contributed by atoms with Gasteiger partial charge in [-0.15, -0.1) is 0 Å². The smallest absolute Gasteiger partial charge is 0.228 e. The minimum absolute atomic E-state index is 0.0496. The van der Waals surface area contributed by atoms with Gasteiger partial charge in [0.2, 0.25) is 5.91 Å². The molecule has 0 spiro atoms. The van der Waals surface area contributed by atoms with Crippen LogP contribution < -0.4 is 10.2 Å². The maximum atomic E-state index is 12.2. The molecule has 0 radical (unpaired) electrons. The molecule has 4 heteroatoms. The number of rotatable bonds is 4. The van der Waals surface area contributed by atoms with Crippen LogP contribution in [-0.2, 0) is 11.2 Å². The van der Waals surface area contributed by atoms with Crippen LogP contribution in [0.5, 0.6) is 0 Å². The van der Waals surface area contributed by atoms with Crippen LogP contribution in [0.4, 0.5) is 11.4 Å². The molecule has 1 N–H and O–H groups in total. The Kier molecular flexibility index (Phi) is 4.87. The average molecular weight is 329 g/mol. The van der Waals surface area contributed by atoms with E-state index in [0.29, 0.717) is 5.02 Å². The Morgan fingerprint density at radius 3 is 2.61 bits per heavy atom. The fourth-order valence-corrected chi connectivity index (χ4v) is 3.27. The zero-order valence-electron chi connectivity index (χ0n) is 13.3. The largest absolute Gasteiger partial charge is 0.371 e. The third kappa shape index (κ3) is 3.85.